The van der Waals surface area contributed by atoms with Crippen molar-refractivity contribution in [2.45, 2.75) is 18.9 Å². The Labute approximate surface area is 122 Å². The van der Waals surface area contributed by atoms with E-state index < -0.39 is 5.97 Å². The van der Waals surface area contributed by atoms with E-state index in [0.717, 1.165) is 25.9 Å². The van der Waals surface area contributed by atoms with E-state index in [1.165, 1.54) is 18.2 Å². The van der Waals surface area contributed by atoms with Crippen LogP contribution in [-0.2, 0) is 0 Å². The minimum atomic E-state index is -1.21. The maximum absolute atomic E-state index is 11.9. The number of nitrogens with zero attached hydrogens (tertiary/aromatic N) is 1. The van der Waals surface area contributed by atoms with Gasteiger partial charge < -0.3 is 25.7 Å². The predicted molar refractivity (Wildman–Crippen MR) is 77.7 cm³/mol. The summed E-state index contributed by atoms with van der Waals surface area (Å²) in [6, 6.07) is 3.64. The zero-order valence-corrected chi connectivity index (χ0v) is 11.8. The highest BCUT2D eigenvalue weighted by atomic mass is 16.4. The molecule has 0 aliphatic carbocycles. The Hall–Kier alpha value is -2.28. The largest absolute Gasteiger partial charge is 0.507 e. The third-order valence-electron chi connectivity index (χ3n) is 3.45. The van der Waals surface area contributed by atoms with Crippen LogP contribution in [0.25, 0.3) is 0 Å². The van der Waals surface area contributed by atoms with Crippen LogP contribution in [0.15, 0.2) is 18.2 Å². The van der Waals surface area contributed by atoms with Crippen LogP contribution in [0, 0.1) is 0 Å². The van der Waals surface area contributed by atoms with Crippen LogP contribution in [-0.4, -0.2) is 53.3 Å². The molecule has 1 aliphatic rings. The van der Waals surface area contributed by atoms with E-state index in [9.17, 15) is 14.7 Å². The monoisotopic (exact) mass is 293 g/mol. The molecule has 1 unspecified atom stereocenters. The Morgan fingerprint density at radius 3 is 2.76 bits per heavy atom. The number of aromatic hydroxyl groups is 1. The van der Waals surface area contributed by atoms with E-state index in [0.29, 0.717) is 5.69 Å². The van der Waals surface area contributed by atoms with Crippen LogP contribution in [0.4, 0.5) is 10.5 Å². The number of hydrogen-bond donors (Lipinski definition) is 4. The molecule has 1 fully saturated rings. The molecular weight excluding hydrogens is 274 g/mol. The number of piperidine rings is 1. The molecule has 2 amide bonds. The van der Waals surface area contributed by atoms with Gasteiger partial charge in [0.1, 0.15) is 11.3 Å². The van der Waals surface area contributed by atoms with Crippen molar-refractivity contribution in [2.75, 3.05) is 25.5 Å². The molecule has 1 aromatic rings. The fourth-order valence-electron chi connectivity index (χ4n) is 2.43. The number of anilines is 1. The summed E-state index contributed by atoms with van der Waals surface area (Å²) in [7, 11) is 2.01. The van der Waals surface area contributed by atoms with Crippen LogP contribution in [0.1, 0.15) is 23.2 Å². The number of carboxylic acids is 1. The number of phenols is 1. The molecule has 2 rings (SSSR count). The average Bonchev–Trinajstić information content (AvgIpc) is 2.38. The number of urea groups is 1. The molecular formula is C14H19N3O4. The van der Waals surface area contributed by atoms with Gasteiger partial charge in [0, 0.05) is 24.3 Å². The van der Waals surface area contributed by atoms with Crippen molar-refractivity contribution in [1.29, 1.82) is 0 Å². The first-order valence-electron chi connectivity index (χ1n) is 6.78. The van der Waals surface area contributed by atoms with E-state index in [1.807, 2.05) is 7.05 Å². The van der Waals surface area contributed by atoms with Gasteiger partial charge in [-0.25, -0.2) is 9.59 Å². The molecule has 0 spiro atoms. The Morgan fingerprint density at radius 2 is 2.14 bits per heavy atom. The van der Waals surface area contributed by atoms with Crippen molar-refractivity contribution in [3.63, 3.8) is 0 Å². The van der Waals surface area contributed by atoms with Crippen LogP contribution in [0.3, 0.4) is 0 Å². The highest BCUT2D eigenvalue weighted by molar-refractivity contribution is 5.94. The number of carbonyl (C=O) groups is 2. The zero-order chi connectivity index (χ0) is 15.4. The molecule has 0 aromatic heterocycles. The number of amides is 2. The van der Waals surface area contributed by atoms with Gasteiger partial charge in [-0.3, -0.25) is 0 Å². The molecule has 114 valence electrons. The summed E-state index contributed by atoms with van der Waals surface area (Å²) in [5.41, 5.74) is 0.147. The van der Waals surface area contributed by atoms with Gasteiger partial charge >= 0.3 is 12.0 Å². The summed E-state index contributed by atoms with van der Waals surface area (Å²) in [6.45, 7) is 1.83. The molecule has 1 aliphatic heterocycles. The molecule has 1 aromatic carbocycles. The van der Waals surface area contributed by atoms with Gasteiger partial charge in [0.2, 0.25) is 0 Å². The first kappa shape index (κ1) is 15.1. The summed E-state index contributed by atoms with van der Waals surface area (Å²) >= 11 is 0. The van der Waals surface area contributed by atoms with Gasteiger partial charge in [0.25, 0.3) is 0 Å². The number of rotatable bonds is 3. The van der Waals surface area contributed by atoms with E-state index in [2.05, 4.69) is 15.5 Å². The number of carbonyl (C=O) groups excluding carboxylic acids is 1. The van der Waals surface area contributed by atoms with Crippen molar-refractivity contribution in [3.8, 4) is 5.75 Å². The predicted octanol–water partition coefficient (Wildman–Crippen LogP) is 1.31. The van der Waals surface area contributed by atoms with Gasteiger partial charge in [-0.05, 0) is 38.6 Å². The number of likely N-dealkylation sites (N-methyl/N-ethyl adjacent to an activating group) is 1. The number of carboxylic acid groups (broad SMARTS) is 1. The molecule has 1 heterocycles. The minimum Gasteiger partial charge on any atom is -0.507 e. The molecule has 0 radical (unpaired) electrons. The van der Waals surface area contributed by atoms with Crippen molar-refractivity contribution in [2.24, 2.45) is 0 Å². The summed E-state index contributed by atoms with van der Waals surface area (Å²) in [4.78, 5) is 24.8. The number of likely N-dealkylation sites (tertiary alicyclic amines) is 1. The number of hydrogen-bond acceptors (Lipinski definition) is 4. The molecule has 4 N–H and O–H groups in total. The second-order valence-corrected chi connectivity index (χ2v) is 5.24. The fraction of sp³-hybridized carbons (Fsp3) is 0.429. The maximum Gasteiger partial charge on any atom is 0.339 e. The SMILES string of the molecule is CN1CCCC(NC(=O)Nc2ccc(C(=O)O)c(O)c2)C1. The third-order valence-corrected chi connectivity index (χ3v) is 3.45. The number of benzene rings is 1. The van der Waals surface area contributed by atoms with E-state index in [-0.39, 0.29) is 23.4 Å². The van der Waals surface area contributed by atoms with Gasteiger partial charge in [-0.15, -0.1) is 0 Å². The third kappa shape index (κ3) is 4.09. The minimum absolute atomic E-state index is 0.0932. The summed E-state index contributed by atoms with van der Waals surface area (Å²) in [6.07, 6.45) is 1.97. The second kappa shape index (κ2) is 6.45. The van der Waals surface area contributed by atoms with E-state index in [4.69, 9.17) is 5.11 Å². The van der Waals surface area contributed by atoms with Crippen LogP contribution in [0.5, 0.6) is 5.75 Å². The Kier molecular flexibility index (Phi) is 4.64. The summed E-state index contributed by atoms with van der Waals surface area (Å²) < 4.78 is 0. The fourth-order valence-corrected chi connectivity index (χ4v) is 2.43. The number of aromatic carboxylic acids is 1. The van der Waals surface area contributed by atoms with Crippen molar-refractivity contribution >= 4 is 17.7 Å². The molecule has 1 saturated heterocycles. The summed E-state index contributed by atoms with van der Waals surface area (Å²) in [5.74, 6) is -1.59. The molecule has 0 bridgehead atoms. The van der Waals surface area contributed by atoms with Crippen molar-refractivity contribution < 1.29 is 19.8 Å². The molecule has 0 saturated carbocycles. The van der Waals surface area contributed by atoms with Crippen molar-refractivity contribution in [1.82, 2.24) is 10.2 Å². The van der Waals surface area contributed by atoms with Gasteiger partial charge in [0.05, 0.1) is 0 Å². The molecule has 7 nitrogen and oxygen atoms in total. The summed E-state index contributed by atoms with van der Waals surface area (Å²) in [5, 5.41) is 23.8. The lowest BCUT2D eigenvalue weighted by molar-refractivity contribution is 0.0694. The van der Waals surface area contributed by atoms with Gasteiger partial charge in [-0.2, -0.15) is 0 Å². The highest BCUT2D eigenvalue weighted by Crippen LogP contribution is 2.21. The first-order valence-corrected chi connectivity index (χ1v) is 6.78. The highest BCUT2D eigenvalue weighted by Gasteiger charge is 2.19. The Bertz CT molecular complexity index is 547. The smallest absolute Gasteiger partial charge is 0.339 e. The maximum atomic E-state index is 11.9. The topological polar surface area (TPSA) is 102 Å². The normalized spacial score (nSPS) is 19.0. The van der Waals surface area contributed by atoms with Crippen LogP contribution >= 0.6 is 0 Å². The second-order valence-electron chi connectivity index (χ2n) is 5.24. The van der Waals surface area contributed by atoms with E-state index >= 15 is 0 Å². The molecule has 1 atom stereocenters. The first-order chi connectivity index (χ1) is 9.95. The lowest BCUT2D eigenvalue weighted by atomic mass is 10.1. The lowest BCUT2D eigenvalue weighted by Crippen LogP contribution is -2.47. The van der Waals surface area contributed by atoms with Gasteiger partial charge in [-0.1, -0.05) is 0 Å². The van der Waals surface area contributed by atoms with Crippen LogP contribution in [0.2, 0.25) is 0 Å². The zero-order valence-electron chi connectivity index (χ0n) is 11.8. The molecule has 7 heteroatoms. The average molecular weight is 293 g/mol. The number of nitrogens with one attached hydrogen (secondary N) is 2. The van der Waals surface area contributed by atoms with Crippen molar-refractivity contribution in [3.05, 3.63) is 23.8 Å². The Morgan fingerprint density at radius 1 is 1.38 bits per heavy atom. The Balaban J connectivity index is 1.93. The van der Waals surface area contributed by atoms with Crippen LogP contribution < -0.4 is 10.6 Å². The molecule has 21 heavy (non-hydrogen) atoms. The standard InChI is InChI=1S/C14H19N3O4/c1-17-6-2-3-10(8-17)16-14(21)15-9-4-5-11(13(19)20)12(18)7-9/h4-5,7,10,18H,2-3,6,8H2,1H3,(H,19,20)(H2,15,16,21). The van der Waals surface area contributed by atoms with E-state index in [1.54, 1.807) is 0 Å². The quantitative estimate of drug-likeness (QED) is 0.673. The lowest BCUT2D eigenvalue weighted by Gasteiger charge is -2.30. The van der Waals surface area contributed by atoms with Gasteiger partial charge in [0.15, 0.2) is 0 Å².